The lowest BCUT2D eigenvalue weighted by atomic mass is 10.1. The summed E-state index contributed by atoms with van der Waals surface area (Å²) in [6.07, 6.45) is 8.38. The number of rotatable bonds is 11. The van der Waals surface area contributed by atoms with Gasteiger partial charge in [0.15, 0.2) is 0 Å². The molecule has 0 saturated carbocycles. The molecule has 0 saturated heterocycles. The van der Waals surface area contributed by atoms with Gasteiger partial charge in [0, 0.05) is 12.5 Å². The maximum Gasteiger partial charge on any atom is 0.330 e. The molecule has 18 heavy (non-hydrogen) atoms. The molecule has 4 heteroatoms. The number of carbonyl (C=O) groups is 2. The molecule has 0 aromatic heterocycles. The molecule has 0 aliphatic carbocycles. The summed E-state index contributed by atoms with van der Waals surface area (Å²) in [5, 5.41) is 0. The Morgan fingerprint density at radius 1 is 1.00 bits per heavy atom. The number of unbranched alkanes of at least 4 members (excludes halogenated alkanes) is 5. The van der Waals surface area contributed by atoms with Crippen LogP contribution in [0, 0.1) is 0 Å². The number of hydrogen-bond acceptors (Lipinski definition) is 4. The Bertz CT molecular complexity index is 248. The zero-order chi connectivity index (χ0) is 13.6. The van der Waals surface area contributed by atoms with E-state index in [1.54, 1.807) is 0 Å². The van der Waals surface area contributed by atoms with Crippen molar-refractivity contribution in [2.45, 2.75) is 51.9 Å². The highest BCUT2D eigenvalue weighted by molar-refractivity contribution is 5.81. The first-order valence-electron chi connectivity index (χ1n) is 6.65. The van der Waals surface area contributed by atoms with Gasteiger partial charge in [-0.05, 0) is 6.42 Å². The number of esters is 2. The fourth-order valence-corrected chi connectivity index (χ4v) is 1.48. The van der Waals surface area contributed by atoms with Crippen LogP contribution in [0.25, 0.3) is 0 Å². The number of ether oxygens (including phenoxy) is 2. The lowest BCUT2D eigenvalue weighted by molar-refractivity contribution is -0.149. The van der Waals surface area contributed by atoms with Crippen LogP contribution in [0.4, 0.5) is 0 Å². The van der Waals surface area contributed by atoms with Crippen molar-refractivity contribution in [1.29, 1.82) is 0 Å². The Hall–Kier alpha value is -1.32. The maximum absolute atomic E-state index is 11.3. The highest BCUT2D eigenvalue weighted by Gasteiger charge is 2.03. The van der Waals surface area contributed by atoms with E-state index in [0.29, 0.717) is 6.42 Å². The van der Waals surface area contributed by atoms with Crippen LogP contribution in [-0.4, -0.2) is 25.2 Å². The normalized spacial score (nSPS) is 9.83. The summed E-state index contributed by atoms with van der Waals surface area (Å²) in [5.74, 6) is -0.720. The quantitative estimate of drug-likeness (QED) is 0.324. The predicted molar refractivity (Wildman–Crippen MR) is 70.1 cm³/mol. The number of carbonyl (C=O) groups excluding carboxylic acids is 2. The highest BCUT2D eigenvalue weighted by Crippen LogP contribution is 2.07. The number of hydrogen-bond donors (Lipinski definition) is 0. The minimum absolute atomic E-state index is 0.0904. The molecule has 0 aromatic rings. The van der Waals surface area contributed by atoms with Crippen molar-refractivity contribution in [2.24, 2.45) is 0 Å². The molecule has 0 fully saturated rings. The molecule has 0 spiro atoms. The maximum atomic E-state index is 11.3. The van der Waals surface area contributed by atoms with Gasteiger partial charge in [-0.25, -0.2) is 4.79 Å². The van der Waals surface area contributed by atoms with Gasteiger partial charge in [-0.2, -0.15) is 0 Å². The second-order valence-corrected chi connectivity index (χ2v) is 4.11. The second-order valence-electron chi connectivity index (χ2n) is 4.11. The van der Waals surface area contributed by atoms with Gasteiger partial charge >= 0.3 is 11.9 Å². The zero-order valence-corrected chi connectivity index (χ0v) is 11.3. The average molecular weight is 256 g/mol. The molecule has 0 amide bonds. The van der Waals surface area contributed by atoms with Crippen molar-refractivity contribution in [3.63, 3.8) is 0 Å². The molecular weight excluding hydrogens is 232 g/mol. The summed E-state index contributed by atoms with van der Waals surface area (Å²) < 4.78 is 9.59. The third-order valence-corrected chi connectivity index (χ3v) is 2.49. The first kappa shape index (κ1) is 16.7. The summed E-state index contributed by atoms with van der Waals surface area (Å²) in [4.78, 5) is 21.9. The van der Waals surface area contributed by atoms with Crippen LogP contribution in [-0.2, 0) is 19.1 Å². The summed E-state index contributed by atoms with van der Waals surface area (Å²) in [6.45, 7) is 5.65. The van der Waals surface area contributed by atoms with Gasteiger partial charge in [-0.1, -0.05) is 45.6 Å². The van der Waals surface area contributed by atoms with Gasteiger partial charge in [0.2, 0.25) is 0 Å². The first-order chi connectivity index (χ1) is 8.70. The topological polar surface area (TPSA) is 52.6 Å². The molecule has 0 heterocycles. The van der Waals surface area contributed by atoms with Crippen molar-refractivity contribution in [3.05, 3.63) is 12.7 Å². The van der Waals surface area contributed by atoms with Gasteiger partial charge in [0.1, 0.15) is 13.2 Å². The van der Waals surface area contributed by atoms with E-state index in [9.17, 15) is 9.59 Å². The Balaban J connectivity index is 3.27. The van der Waals surface area contributed by atoms with Gasteiger partial charge < -0.3 is 9.47 Å². The van der Waals surface area contributed by atoms with Crippen LogP contribution in [0.5, 0.6) is 0 Å². The summed E-state index contributed by atoms with van der Waals surface area (Å²) in [7, 11) is 0. The molecule has 0 bridgehead atoms. The molecule has 0 aliphatic heterocycles. The standard InChI is InChI=1S/C14H24O4/c1-3-5-6-7-8-9-10-14(16)18-12-11-17-13(15)4-2/h4H,2-3,5-12H2,1H3. The Labute approximate surface area is 109 Å². The molecule has 0 aliphatic rings. The van der Waals surface area contributed by atoms with Crippen LogP contribution in [0.2, 0.25) is 0 Å². The Morgan fingerprint density at radius 3 is 2.28 bits per heavy atom. The Morgan fingerprint density at radius 2 is 1.61 bits per heavy atom. The molecule has 0 aromatic carbocycles. The largest absolute Gasteiger partial charge is 0.462 e. The lowest BCUT2D eigenvalue weighted by Gasteiger charge is -2.05. The summed E-state index contributed by atoms with van der Waals surface area (Å²) in [5.41, 5.74) is 0. The van der Waals surface area contributed by atoms with Crippen LogP contribution >= 0.6 is 0 Å². The monoisotopic (exact) mass is 256 g/mol. The van der Waals surface area contributed by atoms with E-state index >= 15 is 0 Å². The average Bonchev–Trinajstić information content (AvgIpc) is 2.38. The molecule has 104 valence electrons. The highest BCUT2D eigenvalue weighted by atomic mass is 16.6. The van der Waals surface area contributed by atoms with Gasteiger partial charge in [0.25, 0.3) is 0 Å². The lowest BCUT2D eigenvalue weighted by Crippen LogP contribution is -2.12. The molecule has 4 nitrogen and oxygen atoms in total. The molecule has 0 rings (SSSR count). The molecular formula is C14H24O4. The summed E-state index contributed by atoms with van der Waals surface area (Å²) >= 11 is 0. The van der Waals surface area contributed by atoms with E-state index in [1.807, 2.05) is 0 Å². The van der Waals surface area contributed by atoms with E-state index in [2.05, 4.69) is 18.2 Å². The smallest absolute Gasteiger partial charge is 0.330 e. The minimum atomic E-state index is -0.498. The van der Waals surface area contributed by atoms with Crippen molar-refractivity contribution < 1.29 is 19.1 Å². The Kier molecular flexibility index (Phi) is 11.3. The van der Waals surface area contributed by atoms with Crippen LogP contribution < -0.4 is 0 Å². The molecule has 0 radical (unpaired) electrons. The fraction of sp³-hybridized carbons (Fsp3) is 0.714. The zero-order valence-electron chi connectivity index (χ0n) is 11.3. The van der Waals surface area contributed by atoms with Gasteiger partial charge in [-0.3, -0.25) is 4.79 Å². The second kappa shape index (κ2) is 12.1. The minimum Gasteiger partial charge on any atom is -0.462 e. The fourth-order valence-electron chi connectivity index (χ4n) is 1.48. The third-order valence-electron chi connectivity index (χ3n) is 2.49. The summed E-state index contributed by atoms with van der Waals surface area (Å²) in [6, 6.07) is 0. The van der Waals surface area contributed by atoms with E-state index in [4.69, 9.17) is 4.74 Å². The third kappa shape index (κ3) is 11.2. The van der Waals surface area contributed by atoms with Crippen molar-refractivity contribution in [3.8, 4) is 0 Å². The van der Waals surface area contributed by atoms with E-state index in [-0.39, 0.29) is 19.2 Å². The van der Waals surface area contributed by atoms with Crippen molar-refractivity contribution in [1.82, 2.24) is 0 Å². The SMILES string of the molecule is C=CC(=O)OCCOC(=O)CCCCCCCC. The van der Waals surface area contributed by atoms with Gasteiger partial charge in [-0.15, -0.1) is 0 Å². The van der Waals surface area contributed by atoms with E-state index in [0.717, 1.165) is 18.9 Å². The van der Waals surface area contributed by atoms with Crippen molar-refractivity contribution >= 4 is 11.9 Å². The molecule has 0 atom stereocenters. The van der Waals surface area contributed by atoms with Crippen LogP contribution in [0.3, 0.4) is 0 Å². The van der Waals surface area contributed by atoms with Gasteiger partial charge in [0.05, 0.1) is 0 Å². The molecule has 0 unspecified atom stereocenters. The predicted octanol–water partition coefficient (Wildman–Crippen LogP) is 3.01. The van der Waals surface area contributed by atoms with E-state index in [1.165, 1.54) is 25.7 Å². The van der Waals surface area contributed by atoms with Crippen LogP contribution in [0.15, 0.2) is 12.7 Å². The molecule has 0 N–H and O–H groups in total. The van der Waals surface area contributed by atoms with Crippen molar-refractivity contribution in [2.75, 3.05) is 13.2 Å². The van der Waals surface area contributed by atoms with Crippen LogP contribution in [0.1, 0.15) is 51.9 Å². The first-order valence-corrected chi connectivity index (χ1v) is 6.65. The van der Waals surface area contributed by atoms with E-state index < -0.39 is 5.97 Å².